The molecule has 0 aromatic carbocycles. The van der Waals surface area contributed by atoms with Gasteiger partial charge in [0.15, 0.2) is 0 Å². The molecule has 0 aliphatic carbocycles. The van der Waals surface area contributed by atoms with Crippen LogP contribution < -0.4 is 0 Å². The average molecular weight is 310 g/mol. The lowest BCUT2D eigenvalue weighted by molar-refractivity contribution is -0.930. The molecule has 3 saturated heterocycles. The molecule has 128 valence electrons. The molecule has 0 radical (unpaired) electrons. The van der Waals surface area contributed by atoms with Crippen molar-refractivity contribution in [2.75, 3.05) is 26.2 Å². The van der Waals surface area contributed by atoms with E-state index in [4.69, 9.17) is 5.21 Å². The van der Waals surface area contributed by atoms with Crippen molar-refractivity contribution in [3.63, 3.8) is 0 Å². The largest absolute Gasteiger partial charge is 0.411 e. The van der Waals surface area contributed by atoms with Crippen LogP contribution >= 0.6 is 0 Å². The third-order valence-corrected chi connectivity index (χ3v) is 5.99. The number of hydrogen-bond acceptors (Lipinski definition) is 2. The Kier molecular flexibility index (Phi) is 7.71. The number of fused-ring (bicyclic) bond motifs is 3. The number of oxime groups is 1. The van der Waals surface area contributed by atoms with Gasteiger partial charge in [0.1, 0.15) is 12.3 Å². The second-order valence-corrected chi connectivity index (χ2v) is 7.72. The molecule has 0 unspecified atom stereocenters. The van der Waals surface area contributed by atoms with Gasteiger partial charge in [0, 0.05) is 18.8 Å². The van der Waals surface area contributed by atoms with Gasteiger partial charge in [-0.25, -0.2) is 0 Å². The highest BCUT2D eigenvalue weighted by Crippen LogP contribution is 2.32. The number of unbranched alkanes of at least 4 members (excludes halogenated alkanes) is 9. The zero-order valence-corrected chi connectivity index (χ0v) is 14.7. The SMILES string of the molecule is CCCCCCCCCCCC[N+]12CCC(CC1)/C(=N\O)C2. The van der Waals surface area contributed by atoms with Gasteiger partial charge in [-0.1, -0.05) is 63.4 Å². The molecule has 3 fully saturated rings. The number of nitrogens with zero attached hydrogens (tertiary/aromatic N) is 2. The van der Waals surface area contributed by atoms with Gasteiger partial charge in [-0.2, -0.15) is 0 Å². The molecular weight excluding hydrogens is 272 g/mol. The Balaban J connectivity index is 1.50. The molecule has 0 aromatic rings. The van der Waals surface area contributed by atoms with Crippen LogP contribution in [0.25, 0.3) is 0 Å². The van der Waals surface area contributed by atoms with Crippen molar-refractivity contribution in [3.8, 4) is 0 Å². The van der Waals surface area contributed by atoms with E-state index in [0.29, 0.717) is 5.92 Å². The lowest BCUT2D eigenvalue weighted by Gasteiger charge is -2.49. The van der Waals surface area contributed by atoms with E-state index in [-0.39, 0.29) is 0 Å². The van der Waals surface area contributed by atoms with Gasteiger partial charge in [-0.15, -0.1) is 0 Å². The summed E-state index contributed by atoms with van der Waals surface area (Å²) in [5.74, 6) is 0.595. The molecule has 3 aliphatic rings. The van der Waals surface area contributed by atoms with Crippen LogP contribution in [0.1, 0.15) is 84.0 Å². The molecule has 0 aromatic heterocycles. The number of rotatable bonds is 11. The first kappa shape index (κ1) is 17.8. The quantitative estimate of drug-likeness (QED) is 0.248. The fraction of sp³-hybridized carbons (Fsp3) is 0.947. The van der Waals surface area contributed by atoms with Crippen molar-refractivity contribution < 1.29 is 9.69 Å². The summed E-state index contributed by atoms with van der Waals surface area (Å²) < 4.78 is 1.22. The van der Waals surface area contributed by atoms with Crippen molar-refractivity contribution >= 4 is 5.71 Å². The summed E-state index contributed by atoms with van der Waals surface area (Å²) in [4.78, 5) is 0. The van der Waals surface area contributed by atoms with E-state index in [9.17, 15) is 0 Å². The molecule has 22 heavy (non-hydrogen) atoms. The molecule has 0 saturated carbocycles. The molecule has 3 nitrogen and oxygen atoms in total. The van der Waals surface area contributed by atoms with Crippen LogP contribution in [0.3, 0.4) is 0 Å². The lowest BCUT2D eigenvalue weighted by Crippen LogP contribution is -2.62. The van der Waals surface area contributed by atoms with Crippen LogP contribution in [0.4, 0.5) is 0 Å². The first-order valence-electron chi connectivity index (χ1n) is 9.85. The molecule has 3 heteroatoms. The lowest BCUT2D eigenvalue weighted by atomic mass is 9.84. The molecule has 0 amide bonds. The van der Waals surface area contributed by atoms with Crippen molar-refractivity contribution in [2.45, 2.75) is 84.0 Å². The van der Waals surface area contributed by atoms with Crippen LogP contribution in [0.15, 0.2) is 5.16 Å². The molecule has 3 rings (SSSR count). The standard InChI is InChI=1S/C19H36N2O/c1-2-3-4-5-6-7-8-9-10-11-14-21-15-12-18(13-16-21)19(17-21)20-22/h18H,2-17H2,1H3/p+1/b20-19-. The second-order valence-electron chi connectivity index (χ2n) is 7.72. The highest BCUT2D eigenvalue weighted by Gasteiger charge is 2.43. The number of hydrogen-bond donors (Lipinski definition) is 1. The van der Waals surface area contributed by atoms with Gasteiger partial charge in [0.25, 0.3) is 0 Å². The third-order valence-electron chi connectivity index (χ3n) is 5.99. The zero-order chi connectivity index (χ0) is 15.7. The number of quaternary nitrogens is 1. The second kappa shape index (κ2) is 9.54. The van der Waals surface area contributed by atoms with Crippen molar-refractivity contribution in [1.29, 1.82) is 0 Å². The van der Waals surface area contributed by atoms with E-state index in [1.165, 1.54) is 101 Å². The van der Waals surface area contributed by atoms with Crippen molar-refractivity contribution in [2.24, 2.45) is 11.1 Å². The molecule has 0 atom stereocenters. The Morgan fingerprint density at radius 3 is 2.00 bits per heavy atom. The Morgan fingerprint density at radius 1 is 0.909 bits per heavy atom. The highest BCUT2D eigenvalue weighted by atomic mass is 16.4. The predicted molar refractivity (Wildman–Crippen MR) is 93.5 cm³/mol. The molecule has 2 bridgehead atoms. The maximum atomic E-state index is 9.15. The van der Waals surface area contributed by atoms with E-state index < -0.39 is 0 Å². The normalized spacial score (nSPS) is 29.3. The average Bonchev–Trinajstić information content (AvgIpc) is 2.57. The molecule has 1 N–H and O–H groups in total. The van der Waals surface area contributed by atoms with E-state index in [2.05, 4.69) is 12.1 Å². The molecule has 0 spiro atoms. The van der Waals surface area contributed by atoms with Crippen molar-refractivity contribution in [1.82, 2.24) is 0 Å². The Labute approximate surface area is 137 Å². The van der Waals surface area contributed by atoms with Gasteiger partial charge in [0.2, 0.25) is 0 Å². The minimum Gasteiger partial charge on any atom is -0.411 e. The van der Waals surface area contributed by atoms with Gasteiger partial charge in [-0.3, -0.25) is 0 Å². The fourth-order valence-electron chi connectivity index (χ4n) is 4.43. The monoisotopic (exact) mass is 309 g/mol. The van der Waals surface area contributed by atoms with Gasteiger partial charge >= 0.3 is 0 Å². The Bertz CT molecular complexity index is 332. The van der Waals surface area contributed by atoms with Crippen LogP contribution in [-0.4, -0.2) is 41.6 Å². The van der Waals surface area contributed by atoms with Crippen LogP contribution in [0.2, 0.25) is 0 Å². The van der Waals surface area contributed by atoms with Gasteiger partial charge in [0.05, 0.1) is 19.6 Å². The maximum absolute atomic E-state index is 9.15. The highest BCUT2D eigenvalue weighted by molar-refractivity contribution is 5.88. The summed E-state index contributed by atoms with van der Waals surface area (Å²) >= 11 is 0. The summed E-state index contributed by atoms with van der Waals surface area (Å²) in [6, 6.07) is 0. The van der Waals surface area contributed by atoms with E-state index in [0.717, 1.165) is 12.3 Å². The van der Waals surface area contributed by atoms with E-state index in [1.807, 2.05) is 0 Å². The molecule has 3 heterocycles. The van der Waals surface area contributed by atoms with Crippen LogP contribution in [-0.2, 0) is 0 Å². The smallest absolute Gasteiger partial charge is 0.121 e. The zero-order valence-electron chi connectivity index (χ0n) is 14.7. The first-order chi connectivity index (χ1) is 10.8. The first-order valence-corrected chi connectivity index (χ1v) is 9.85. The molecular formula is C19H37N2O+. The third kappa shape index (κ3) is 5.26. The van der Waals surface area contributed by atoms with Crippen molar-refractivity contribution in [3.05, 3.63) is 0 Å². The fourth-order valence-corrected chi connectivity index (χ4v) is 4.43. The molecule has 3 aliphatic heterocycles. The Morgan fingerprint density at radius 2 is 1.45 bits per heavy atom. The Hall–Kier alpha value is -0.570. The minimum atomic E-state index is 0.595. The van der Waals surface area contributed by atoms with Gasteiger partial charge in [-0.05, 0) is 12.8 Å². The topological polar surface area (TPSA) is 32.6 Å². The van der Waals surface area contributed by atoms with Gasteiger partial charge < -0.3 is 9.69 Å². The van der Waals surface area contributed by atoms with Crippen LogP contribution in [0, 0.1) is 5.92 Å². The summed E-state index contributed by atoms with van der Waals surface area (Å²) in [5.41, 5.74) is 1.09. The summed E-state index contributed by atoms with van der Waals surface area (Å²) in [7, 11) is 0. The predicted octanol–water partition coefficient (Wildman–Crippen LogP) is 4.98. The summed E-state index contributed by atoms with van der Waals surface area (Å²) in [5, 5.41) is 12.7. The van der Waals surface area contributed by atoms with E-state index >= 15 is 0 Å². The maximum Gasteiger partial charge on any atom is 0.121 e. The van der Waals surface area contributed by atoms with E-state index in [1.54, 1.807) is 0 Å². The number of piperidine rings is 3. The minimum absolute atomic E-state index is 0.595. The summed E-state index contributed by atoms with van der Waals surface area (Å²) in [6.07, 6.45) is 16.6. The van der Waals surface area contributed by atoms with Crippen LogP contribution in [0.5, 0.6) is 0 Å². The summed E-state index contributed by atoms with van der Waals surface area (Å²) in [6.45, 7) is 7.26.